The zero-order valence-corrected chi connectivity index (χ0v) is 8.75. The van der Waals surface area contributed by atoms with Gasteiger partial charge in [-0.3, -0.25) is 9.36 Å². The van der Waals surface area contributed by atoms with Crippen LogP contribution in [0, 0.1) is 5.92 Å². The number of carbonyl (C=O) groups excluding carboxylic acids is 1. The fourth-order valence-electron chi connectivity index (χ4n) is 0.500. The number of hydroxylamine groups is 1. The van der Waals surface area contributed by atoms with E-state index in [4.69, 9.17) is 10.6 Å². The molecule has 0 heterocycles. The van der Waals surface area contributed by atoms with Crippen LogP contribution in [-0.4, -0.2) is 23.5 Å². The zero-order chi connectivity index (χ0) is 10.6. The molecule has 4 N–H and O–H groups in total. The van der Waals surface area contributed by atoms with Gasteiger partial charge in [-0.15, -0.1) is 0 Å². The second-order valence-corrected chi connectivity index (χ2v) is 4.92. The van der Waals surface area contributed by atoms with Gasteiger partial charge in [0.2, 0.25) is 0 Å². The summed E-state index contributed by atoms with van der Waals surface area (Å²) in [6.07, 6.45) is 0. The van der Waals surface area contributed by atoms with Crippen molar-refractivity contribution in [2.24, 2.45) is 11.7 Å². The van der Waals surface area contributed by atoms with E-state index in [0.717, 1.165) is 6.66 Å². The molecule has 0 radical (unpaired) electrons. The topological polar surface area (TPSA) is 102 Å². The largest absolute Gasteiger partial charge is 0.346 e. The maximum Gasteiger partial charge on any atom is 0.346 e. The van der Waals surface area contributed by atoms with Gasteiger partial charge in [0.25, 0.3) is 5.91 Å². The van der Waals surface area contributed by atoms with Crippen molar-refractivity contribution in [3.63, 3.8) is 0 Å². The highest BCUT2D eigenvalue weighted by atomic mass is 31.2. The molecule has 0 aliphatic heterocycles. The molecule has 0 aromatic heterocycles. The van der Waals surface area contributed by atoms with Crippen LogP contribution in [0.15, 0.2) is 0 Å². The molecular formula is C6H15N2O4P. The Morgan fingerprint density at radius 1 is 1.62 bits per heavy atom. The first kappa shape index (κ1) is 12.6. The summed E-state index contributed by atoms with van der Waals surface area (Å²) in [7, 11) is -3.68. The molecule has 6 nitrogen and oxygen atoms in total. The van der Waals surface area contributed by atoms with Crippen LogP contribution < -0.4 is 11.2 Å². The van der Waals surface area contributed by atoms with Crippen molar-refractivity contribution in [2.45, 2.75) is 19.9 Å². The smallest absolute Gasteiger partial charge is 0.323 e. The molecule has 78 valence electrons. The third kappa shape index (κ3) is 5.76. The van der Waals surface area contributed by atoms with E-state index in [1.54, 1.807) is 13.8 Å². The molecule has 2 atom stereocenters. The van der Waals surface area contributed by atoms with Crippen LogP contribution >= 0.6 is 7.60 Å². The van der Waals surface area contributed by atoms with Crippen molar-refractivity contribution < 1.29 is 18.9 Å². The molecule has 0 aromatic rings. The molecule has 0 rings (SSSR count). The SMILES string of the molecule is CC(C)[C@H](N)C(=O)NOP(C)(=O)O. The van der Waals surface area contributed by atoms with Crippen molar-refractivity contribution >= 4 is 13.5 Å². The first-order valence-corrected chi connectivity index (χ1v) is 5.81. The number of rotatable bonds is 4. The Kier molecular flexibility index (Phi) is 4.56. The Morgan fingerprint density at radius 3 is 2.38 bits per heavy atom. The van der Waals surface area contributed by atoms with Crippen molar-refractivity contribution in [1.82, 2.24) is 5.48 Å². The summed E-state index contributed by atoms with van der Waals surface area (Å²) in [5.74, 6) is -0.662. The van der Waals surface area contributed by atoms with Crippen LogP contribution in [0.1, 0.15) is 13.8 Å². The van der Waals surface area contributed by atoms with Crippen molar-refractivity contribution in [3.05, 3.63) is 0 Å². The summed E-state index contributed by atoms with van der Waals surface area (Å²) in [4.78, 5) is 19.7. The highest BCUT2D eigenvalue weighted by molar-refractivity contribution is 7.51. The lowest BCUT2D eigenvalue weighted by molar-refractivity contribution is -0.130. The predicted molar refractivity (Wildman–Crippen MR) is 47.8 cm³/mol. The number of amides is 1. The number of carbonyl (C=O) groups is 1. The first-order valence-electron chi connectivity index (χ1n) is 3.78. The monoisotopic (exact) mass is 210 g/mol. The quantitative estimate of drug-likeness (QED) is 0.441. The summed E-state index contributed by atoms with van der Waals surface area (Å²) in [6, 6.07) is -0.744. The highest BCUT2D eigenvalue weighted by Gasteiger charge is 2.20. The zero-order valence-electron chi connectivity index (χ0n) is 7.85. The van der Waals surface area contributed by atoms with Crippen LogP contribution in [0.2, 0.25) is 0 Å². The summed E-state index contributed by atoms with van der Waals surface area (Å²) in [6.45, 7) is 4.48. The minimum Gasteiger partial charge on any atom is -0.323 e. The average Bonchev–Trinajstić information content (AvgIpc) is 1.97. The average molecular weight is 210 g/mol. The van der Waals surface area contributed by atoms with Gasteiger partial charge in [0.1, 0.15) is 0 Å². The summed E-state index contributed by atoms with van der Waals surface area (Å²) < 4.78 is 14.8. The lowest BCUT2D eigenvalue weighted by Gasteiger charge is -2.15. The molecule has 1 amide bonds. The van der Waals surface area contributed by atoms with Crippen molar-refractivity contribution in [2.75, 3.05) is 6.66 Å². The van der Waals surface area contributed by atoms with Gasteiger partial charge < -0.3 is 10.6 Å². The Morgan fingerprint density at radius 2 is 2.08 bits per heavy atom. The van der Waals surface area contributed by atoms with Gasteiger partial charge in [0, 0.05) is 6.66 Å². The molecular weight excluding hydrogens is 195 g/mol. The Labute approximate surface area is 76.9 Å². The summed E-state index contributed by atoms with van der Waals surface area (Å²) in [5.41, 5.74) is 7.25. The van der Waals surface area contributed by atoms with Gasteiger partial charge in [-0.25, -0.2) is 5.48 Å². The molecule has 0 aliphatic carbocycles. The number of hydrogen-bond donors (Lipinski definition) is 3. The van der Waals surface area contributed by atoms with Gasteiger partial charge in [-0.1, -0.05) is 13.8 Å². The number of hydrogen-bond acceptors (Lipinski definition) is 4. The fraction of sp³-hybridized carbons (Fsp3) is 0.833. The van der Waals surface area contributed by atoms with E-state index in [2.05, 4.69) is 4.62 Å². The second-order valence-electron chi connectivity index (χ2n) is 3.13. The molecule has 0 aromatic carbocycles. The molecule has 0 fully saturated rings. The van der Waals surface area contributed by atoms with Gasteiger partial charge in [-0.2, -0.15) is 4.62 Å². The Hall–Kier alpha value is -0.420. The standard InChI is InChI=1S/C6H15N2O4P/c1-4(2)5(7)6(9)8-12-13(3,10)11/h4-5H,7H2,1-3H3,(H,8,9)(H,10,11)/t5-/m0/s1. The van der Waals surface area contributed by atoms with E-state index in [9.17, 15) is 9.36 Å². The van der Waals surface area contributed by atoms with Crippen LogP contribution in [0.25, 0.3) is 0 Å². The molecule has 1 unspecified atom stereocenters. The minimum absolute atomic E-state index is 0.0569. The van der Waals surface area contributed by atoms with Gasteiger partial charge in [0.05, 0.1) is 6.04 Å². The normalized spacial score (nSPS) is 18.0. The predicted octanol–water partition coefficient (Wildman–Crippen LogP) is -0.167. The maximum atomic E-state index is 11.0. The van der Waals surface area contributed by atoms with Crippen molar-refractivity contribution in [3.8, 4) is 0 Å². The lowest BCUT2D eigenvalue weighted by atomic mass is 10.1. The second kappa shape index (κ2) is 4.72. The van der Waals surface area contributed by atoms with E-state index in [1.165, 1.54) is 0 Å². The molecule has 0 aliphatic rings. The minimum atomic E-state index is -3.68. The molecule has 0 saturated carbocycles. The van der Waals surface area contributed by atoms with E-state index >= 15 is 0 Å². The van der Waals surface area contributed by atoms with Gasteiger partial charge in [0.15, 0.2) is 0 Å². The Balaban J connectivity index is 3.96. The molecule has 7 heteroatoms. The van der Waals surface area contributed by atoms with Crippen molar-refractivity contribution in [1.29, 1.82) is 0 Å². The summed E-state index contributed by atoms with van der Waals surface area (Å²) in [5, 5.41) is 0. The van der Waals surface area contributed by atoms with Crippen LogP contribution in [-0.2, 0) is 14.0 Å². The molecule has 13 heavy (non-hydrogen) atoms. The van der Waals surface area contributed by atoms with E-state index in [0.29, 0.717) is 0 Å². The van der Waals surface area contributed by atoms with E-state index in [1.807, 2.05) is 5.48 Å². The van der Waals surface area contributed by atoms with Crippen LogP contribution in [0.4, 0.5) is 0 Å². The molecule has 0 bridgehead atoms. The van der Waals surface area contributed by atoms with Crippen LogP contribution in [0.5, 0.6) is 0 Å². The number of nitrogens with one attached hydrogen (secondary N) is 1. The third-order valence-corrected chi connectivity index (χ3v) is 1.77. The Bertz CT molecular complexity index is 225. The first-order chi connectivity index (χ1) is 5.74. The summed E-state index contributed by atoms with van der Waals surface area (Å²) >= 11 is 0. The molecule has 0 saturated heterocycles. The van der Waals surface area contributed by atoms with Gasteiger partial charge >= 0.3 is 7.60 Å². The van der Waals surface area contributed by atoms with Gasteiger partial charge in [-0.05, 0) is 5.92 Å². The highest BCUT2D eigenvalue weighted by Crippen LogP contribution is 2.34. The number of nitrogens with two attached hydrogens (primary N) is 1. The third-order valence-electron chi connectivity index (χ3n) is 1.34. The van der Waals surface area contributed by atoms with Crippen LogP contribution in [0.3, 0.4) is 0 Å². The molecule has 0 spiro atoms. The lowest BCUT2D eigenvalue weighted by Crippen LogP contribution is -2.43. The van der Waals surface area contributed by atoms with E-state index in [-0.39, 0.29) is 5.92 Å². The van der Waals surface area contributed by atoms with E-state index < -0.39 is 19.5 Å². The maximum absolute atomic E-state index is 11.0. The fourth-order valence-corrected chi connectivity index (χ4v) is 0.760.